The van der Waals surface area contributed by atoms with Gasteiger partial charge in [-0.05, 0) is 56.5 Å². The fourth-order valence-electron chi connectivity index (χ4n) is 3.32. The van der Waals surface area contributed by atoms with Crippen LogP contribution in [0.4, 0.5) is 5.69 Å². The number of benzene rings is 1. The Morgan fingerprint density at radius 3 is 2.59 bits per heavy atom. The van der Waals surface area contributed by atoms with Crippen molar-refractivity contribution >= 4 is 23.4 Å². The highest BCUT2D eigenvalue weighted by Gasteiger charge is 2.18. The molecule has 0 bridgehead atoms. The van der Waals surface area contributed by atoms with Crippen molar-refractivity contribution in [2.45, 2.75) is 26.2 Å². The summed E-state index contributed by atoms with van der Waals surface area (Å²) in [5.41, 5.74) is 0.864. The van der Waals surface area contributed by atoms with Gasteiger partial charge in [0.25, 0.3) is 11.8 Å². The molecule has 32 heavy (non-hydrogen) atoms. The Kier molecular flexibility index (Phi) is 8.42. The highest BCUT2D eigenvalue weighted by Crippen LogP contribution is 2.28. The van der Waals surface area contributed by atoms with E-state index in [1.807, 2.05) is 11.8 Å². The third-order valence-electron chi connectivity index (χ3n) is 4.92. The van der Waals surface area contributed by atoms with Crippen molar-refractivity contribution in [3.05, 3.63) is 48.3 Å². The van der Waals surface area contributed by atoms with Gasteiger partial charge in [-0.1, -0.05) is 0 Å². The first-order valence-electron chi connectivity index (χ1n) is 10.7. The van der Waals surface area contributed by atoms with E-state index in [0.717, 1.165) is 32.4 Å². The van der Waals surface area contributed by atoms with Crippen molar-refractivity contribution in [3.63, 3.8) is 0 Å². The summed E-state index contributed by atoms with van der Waals surface area (Å²) < 4.78 is 11.3. The minimum Gasteiger partial charge on any atom is -0.490 e. The van der Waals surface area contributed by atoms with Crippen LogP contribution in [0.3, 0.4) is 0 Å². The maximum Gasteiger partial charge on any atom is 0.260 e. The molecule has 0 atom stereocenters. The molecule has 0 aliphatic carbocycles. The molecule has 1 fully saturated rings. The van der Waals surface area contributed by atoms with E-state index in [0.29, 0.717) is 29.4 Å². The molecule has 1 aliphatic rings. The minimum atomic E-state index is -0.428. The zero-order valence-electron chi connectivity index (χ0n) is 18.1. The molecule has 1 aromatic carbocycles. The van der Waals surface area contributed by atoms with Crippen LogP contribution in [0.15, 0.2) is 42.7 Å². The second kappa shape index (κ2) is 11.7. The number of amides is 3. The van der Waals surface area contributed by atoms with Crippen LogP contribution in [0, 0.1) is 0 Å². The molecule has 1 aromatic heterocycles. The minimum absolute atomic E-state index is 0.0615. The van der Waals surface area contributed by atoms with Crippen LogP contribution in [-0.2, 0) is 9.59 Å². The van der Waals surface area contributed by atoms with Gasteiger partial charge < -0.3 is 25.0 Å². The first-order valence-corrected chi connectivity index (χ1v) is 10.7. The lowest BCUT2D eigenvalue weighted by atomic mass is 10.1. The Morgan fingerprint density at radius 1 is 1.06 bits per heavy atom. The van der Waals surface area contributed by atoms with Crippen LogP contribution in [0.1, 0.15) is 36.5 Å². The third-order valence-corrected chi connectivity index (χ3v) is 4.92. The first-order chi connectivity index (χ1) is 15.6. The molecule has 9 heteroatoms. The standard InChI is InChI=1S/C23H28N4O5/c1-2-31-20-13-17(23(30)25-15-21(28)26-18-7-6-10-24-14-18)8-9-19(20)32-16-22(29)27-11-4-3-5-12-27/h6-10,13-14H,2-5,11-12,15-16H2,1H3,(H,25,30)(H,26,28). The van der Waals surface area contributed by atoms with Gasteiger partial charge in [-0.3, -0.25) is 19.4 Å². The summed E-state index contributed by atoms with van der Waals surface area (Å²) in [6.07, 6.45) is 6.29. The van der Waals surface area contributed by atoms with E-state index in [1.54, 1.807) is 36.5 Å². The Morgan fingerprint density at radius 2 is 1.88 bits per heavy atom. The van der Waals surface area contributed by atoms with Crippen LogP contribution in [0.5, 0.6) is 11.5 Å². The Labute approximate surface area is 187 Å². The van der Waals surface area contributed by atoms with Gasteiger partial charge in [0, 0.05) is 24.8 Å². The van der Waals surface area contributed by atoms with Crippen molar-refractivity contribution in [2.24, 2.45) is 0 Å². The molecule has 0 radical (unpaired) electrons. The highest BCUT2D eigenvalue weighted by atomic mass is 16.5. The number of hydrogen-bond acceptors (Lipinski definition) is 6. The second-order valence-electron chi connectivity index (χ2n) is 7.30. The summed E-state index contributed by atoms with van der Waals surface area (Å²) in [7, 11) is 0. The van der Waals surface area contributed by atoms with Crippen molar-refractivity contribution in [2.75, 3.05) is 38.2 Å². The number of pyridine rings is 1. The molecule has 0 spiro atoms. The number of anilines is 1. The van der Waals surface area contributed by atoms with E-state index in [9.17, 15) is 14.4 Å². The zero-order valence-corrected chi connectivity index (χ0v) is 18.1. The maximum absolute atomic E-state index is 12.5. The van der Waals surface area contributed by atoms with E-state index >= 15 is 0 Å². The lowest BCUT2D eigenvalue weighted by Crippen LogP contribution is -2.38. The van der Waals surface area contributed by atoms with Crippen molar-refractivity contribution in [1.29, 1.82) is 0 Å². The van der Waals surface area contributed by atoms with Crippen molar-refractivity contribution < 1.29 is 23.9 Å². The van der Waals surface area contributed by atoms with Crippen LogP contribution in [0.2, 0.25) is 0 Å². The van der Waals surface area contributed by atoms with Gasteiger partial charge in [0.05, 0.1) is 25.0 Å². The molecule has 2 N–H and O–H groups in total. The molecule has 1 saturated heterocycles. The van der Waals surface area contributed by atoms with Crippen LogP contribution in [-0.4, -0.2) is 60.5 Å². The van der Waals surface area contributed by atoms with Gasteiger partial charge in [0.2, 0.25) is 5.91 Å². The van der Waals surface area contributed by atoms with Crippen LogP contribution < -0.4 is 20.1 Å². The number of piperidine rings is 1. The molecular formula is C23H28N4O5. The summed E-state index contributed by atoms with van der Waals surface area (Å²) in [6, 6.07) is 8.11. The van der Waals surface area contributed by atoms with Gasteiger partial charge >= 0.3 is 0 Å². The molecule has 9 nitrogen and oxygen atoms in total. The predicted molar refractivity (Wildman–Crippen MR) is 119 cm³/mol. The number of aromatic nitrogens is 1. The summed E-state index contributed by atoms with van der Waals surface area (Å²) >= 11 is 0. The van der Waals surface area contributed by atoms with Gasteiger partial charge in [-0.15, -0.1) is 0 Å². The average Bonchev–Trinajstić information content (AvgIpc) is 2.83. The molecule has 2 heterocycles. The van der Waals surface area contributed by atoms with Gasteiger partial charge in [0.15, 0.2) is 18.1 Å². The van der Waals surface area contributed by atoms with E-state index in [1.165, 1.54) is 6.20 Å². The zero-order chi connectivity index (χ0) is 22.8. The molecule has 3 amide bonds. The fraction of sp³-hybridized carbons (Fsp3) is 0.391. The smallest absolute Gasteiger partial charge is 0.260 e. The number of nitrogens with zero attached hydrogens (tertiary/aromatic N) is 2. The normalized spacial score (nSPS) is 13.2. The number of hydrogen-bond donors (Lipinski definition) is 2. The molecule has 3 rings (SSSR count). The number of nitrogens with one attached hydrogen (secondary N) is 2. The van der Waals surface area contributed by atoms with Crippen LogP contribution >= 0.6 is 0 Å². The summed E-state index contributed by atoms with van der Waals surface area (Å²) in [4.78, 5) is 42.6. The third kappa shape index (κ3) is 6.69. The summed E-state index contributed by atoms with van der Waals surface area (Å²) in [5, 5.41) is 5.22. The summed E-state index contributed by atoms with van der Waals surface area (Å²) in [6.45, 7) is 3.43. The lowest BCUT2D eigenvalue weighted by molar-refractivity contribution is -0.134. The number of rotatable bonds is 9. The van der Waals surface area contributed by atoms with Gasteiger partial charge in [-0.2, -0.15) is 0 Å². The van der Waals surface area contributed by atoms with E-state index in [2.05, 4.69) is 15.6 Å². The summed E-state index contributed by atoms with van der Waals surface area (Å²) in [5.74, 6) is -0.0983. The van der Waals surface area contributed by atoms with E-state index < -0.39 is 5.91 Å². The van der Waals surface area contributed by atoms with E-state index in [-0.39, 0.29) is 25.0 Å². The second-order valence-corrected chi connectivity index (χ2v) is 7.30. The number of carbonyl (C=O) groups excluding carboxylic acids is 3. The average molecular weight is 441 g/mol. The SMILES string of the molecule is CCOc1cc(C(=O)NCC(=O)Nc2cccnc2)ccc1OCC(=O)N1CCCCC1. The molecule has 1 aliphatic heterocycles. The molecular weight excluding hydrogens is 412 g/mol. The van der Waals surface area contributed by atoms with E-state index in [4.69, 9.17) is 9.47 Å². The highest BCUT2D eigenvalue weighted by molar-refractivity contribution is 5.99. The first kappa shape index (κ1) is 23.1. The largest absolute Gasteiger partial charge is 0.490 e. The van der Waals surface area contributed by atoms with Crippen molar-refractivity contribution in [1.82, 2.24) is 15.2 Å². The fourth-order valence-corrected chi connectivity index (χ4v) is 3.32. The molecule has 0 unspecified atom stereocenters. The molecule has 170 valence electrons. The number of likely N-dealkylation sites (tertiary alicyclic amines) is 1. The number of carbonyl (C=O) groups is 3. The predicted octanol–water partition coefficient (Wildman–Crippen LogP) is 2.24. The van der Waals surface area contributed by atoms with Gasteiger partial charge in [0.1, 0.15) is 0 Å². The number of ether oxygens (including phenoxy) is 2. The maximum atomic E-state index is 12.5. The van der Waals surface area contributed by atoms with Crippen LogP contribution in [0.25, 0.3) is 0 Å². The quantitative estimate of drug-likeness (QED) is 0.619. The molecule has 0 saturated carbocycles. The topological polar surface area (TPSA) is 110 Å². The van der Waals surface area contributed by atoms with Gasteiger partial charge in [-0.25, -0.2) is 0 Å². The Bertz CT molecular complexity index is 929. The monoisotopic (exact) mass is 440 g/mol. The Hall–Kier alpha value is -3.62. The lowest BCUT2D eigenvalue weighted by Gasteiger charge is -2.26. The molecule has 2 aromatic rings. The van der Waals surface area contributed by atoms with Crippen molar-refractivity contribution in [3.8, 4) is 11.5 Å². The Balaban J connectivity index is 1.55.